The van der Waals surface area contributed by atoms with Crippen molar-refractivity contribution in [1.29, 1.82) is 0 Å². The Labute approximate surface area is 232 Å². The highest BCUT2D eigenvalue weighted by Gasteiger charge is 2.24. The highest BCUT2D eigenvalue weighted by atomic mass is 35.5. The highest BCUT2D eigenvalue weighted by Crippen LogP contribution is 2.21. The molecule has 2 aromatic carbocycles. The molecule has 2 amide bonds. The lowest BCUT2D eigenvalue weighted by Crippen LogP contribution is -2.38. The van der Waals surface area contributed by atoms with E-state index in [0.29, 0.717) is 23.6 Å². The number of carbonyl (C=O) groups is 3. The number of benzene rings is 2. The zero-order valence-corrected chi connectivity index (χ0v) is 22.9. The van der Waals surface area contributed by atoms with Crippen molar-refractivity contribution in [2.45, 2.75) is 45.4 Å². The zero-order valence-electron chi connectivity index (χ0n) is 22.2. The number of nitrogens with zero attached hydrogens (tertiary/aromatic N) is 2. The molecule has 3 aromatic rings. The number of aromatic amines is 1. The van der Waals surface area contributed by atoms with Gasteiger partial charge in [0.1, 0.15) is 17.3 Å². The van der Waals surface area contributed by atoms with Crippen LogP contribution in [0.2, 0.25) is 5.02 Å². The van der Waals surface area contributed by atoms with E-state index in [0.717, 1.165) is 25.7 Å². The number of piperidine rings is 1. The molecule has 1 aromatic heterocycles. The standard InChI is InChI=1S/C29H33ClFN5O3/c1-18(2)27-34-25(28(38)32-12-15-36-13-4-3-5-14-36)26(35-27)29(39)33-21-9-6-19(7-10-21)16-24(37)22-11-8-20(31)17-23(22)30/h6-11,17-18H,3-5,12-16H2,1-2H3,(H,32,38)(H,33,39)(H,34,35). The molecule has 1 aliphatic heterocycles. The molecule has 10 heteroatoms. The number of hydrogen-bond acceptors (Lipinski definition) is 5. The van der Waals surface area contributed by atoms with Crippen molar-refractivity contribution in [3.8, 4) is 0 Å². The maximum absolute atomic E-state index is 13.3. The van der Waals surface area contributed by atoms with E-state index in [4.69, 9.17) is 11.6 Å². The second kappa shape index (κ2) is 13.0. The first kappa shape index (κ1) is 28.4. The Morgan fingerprint density at radius 2 is 1.77 bits per heavy atom. The van der Waals surface area contributed by atoms with Crippen LogP contribution < -0.4 is 10.6 Å². The summed E-state index contributed by atoms with van der Waals surface area (Å²) in [5.74, 6) is -1.09. The van der Waals surface area contributed by atoms with Crippen LogP contribution in [0.1, 0.15) is 81.8 Å². The van der Waals surface area contributed by atoms with Gasteiger partial charge in [-0.15, -0.1) is 0 Å². The van der Waals surface area contributed by atoms with E-state index >= 15 is 0 Å². The minimum absolute atomic E-state index is 0.00196. The van der Waals surface area contributed by atoms with Crippen molar-refractivity contribution in [2.75, 3.05) is 31.5 Å². The van der Waals surface area contributed by atoms with Crippen molar-refractivity contribution in [3.05, 3.63) is 81.6 Å². The van der Waals surface area contributed by atoms with Crippen molar-refractivity contribution >= 4 is 34.9 Å². The smallest absolute Gasteiger partial charge is 0.276 e. The van der Waals surface area contributed by atoms with Crippen LogP contribution in [0.15, 0.2) is 42.5 Å². The number of ketones is 1. The quantitative estimate of drug-likeness (QED) is 0.298. The molecule has 2 heterocycles. The van der Waals surface area contributed by atoms with Gasteiger partial charge in [0.05, 0.1) is 5.02 Å². The molecule has 4 rings (SSSR count). The summed E-state index contributed by atoms with van der Waals surface area (Å²) in [6.07, 6.45) is 3.67. The summed E-state index contributed by atoms with van der Waals surface area (Å²) in [7, 11) is 0. The second-order valence-corrected chi connectivity index (χ2v) is 10.4. The molecular weight excluding hydrogens is 521 g/mol. The van der Waals surface area contributed by atoms with Crippen LogP contribution in [0.4, 0.5) is 10.1 Å². The Hall–Kier alpha value is -3.56. The first-order valence-electron chi connectivity index (χ1n) is 13.2. The summed E-state index contributed by atoms with van der Waals surface area (Å²) in [6, 6.07) is 10.4. The Balaban J connectivity index is 1.39. The second-order valence-electron chi connectivity index (χ2n) is 10.0. The van der Waals surface area contributed by atoms with E-state index in [9.17, 15) is 18.8 Å². The minimum atomic E-state index is -0.513. The third-order valence-corrected chi connectivity index (χ3v) is 6.99. The summed E-state index contributed by atoms with van der Waals surface area (Å²) < 4.78 is 13.3. The summed E-state index contributed by atoms with van der Waals surface area (Å²) in [6.45, 7) is 7.19. The fraction of sp³-hybridized carbons (Fsp3) is 0.379. The predicted octanol–water partition coefficient (Wildman–Crippen LogP) is 5.22. The number of H-pyrrole nitrogens is 1. The molecule has 39 heavy (non-hydrogen) atoms. The number of halogens is 2. The lowest BCUT2D eigenvalue weighted by Gasteiger charge is -2.26. The molecule has 1 aliphatic rings. The van der Waals surface area contributed by atoms with Gasteiger partial charge in [0.25, 0.3) is 11.8 Å². The van der Waals surface area contributed by atoms with Gasteiger partial charge < -0.3 is 20.5 Å². The van der Waals surface area contributed by atoms with Gasteiger partial charge >= 0.3 is 0 Å². The highest BCUT2D eigenvalue weighted by molar-refractivity contribution is 6.34. The number of amides is 2. The summed E-state index contributed by atoms with van der Waals surface area (Å²) in [5.41, 5.74) is 1.60. The number of likely N-dealkylation sites (tertiary alicyclic amines) is 1. The van der Waals surface area contributed by atoms with Gasteiger partial charge in [-0.05, 0) is 61.8 Å². The molecule has 0 spiro atoms. The SMILES string of the molecule is CC(C)c1nc(C(=O)Nc2ccc(CC(=O)c3ccc(F)cc3Cl)cc2)c(C(=O)NCCN2CCCCC2)[nH]1. The molecule has 1 saturated heterocycles. The molecule has 0 radical (unpaired) electrons. The Kier molecular flexibility index (Phi) is 9.48. The van der Waals surface area contributed by atoms with Gasteiger partial charge in [0.2, 0.25) is 0 Å². The van der Waals surface area contributed by atoms with Gasteiger partial charge in [-0.1, -0.05) is 44.0 Å². The Morgan fingerprint density at radius 3 is 2.44 bits per heavy atom. The largest absolute Gasteiger partial charge is 0.349 e. The van der Waals surface area contributed by atoms with E-state index < -0.39 is 11.7 Å². The number of imidazole rings is 1. The number of nitrogens with one attached hydrogen (secondary N) is 3. The maximum atomic E-state index is 13.3. The number of anilines is 1. The molecule has 1 fully saturated rings. The van der Waals surface area contributed by atoms with Gasteiger partial charge in [0.15, 0.2) is 11.5 Å². The minimum Gasteiger partial charge on any atom is -0.349 e. The molecule has 206 valence electrons. The van der Waals surface area contributed by atoms with E-state index in [1.54, 1.807) is 24.3 Å². The topological polar surface area (TPSA) is 107 Å². The van der Waals surface area contributed by atoms with Crippen molar-refractivity contribution in [3.63, 3.8) is 0 Å². The van der Waals surface area contributed by atoms with E-state index in [1.807, 2.05) is 13.8 Å². The number of aromatic nitrogens is 2. The van der Waals surface area contributed by atoms with Gasteiger partial charge in [-0.25, -0.2) is 9.37 Å². The molecule has 8 nitrogen and oxygen atoms in total. The van der Waals surface area contributed by atoms with E-state index in [-0.39, 0.29) is 46.0 Å². The molecule has 0 unspecified atom stereocenters. The van der Waals surface area contributed by atoms with Gasteiger partial charge in [-0.3, -0.25) is 14.4 Å². The van der Waals surface area contributed by atoms with Crippen molar-refractivity contribution < 1.29 is 18.8 Å². The van der Waals surface area contributed by atoms with Crippen LogP contribution in [-0.2, 0) is 6.42 Å². The van der Waals surface area contributed by atoms with Crippen molar-refractivity contribution in [1.82, 2.24) is 20.2 Å². The normalized spacial score (nSPS) is 13.9. The average Bonchev–Trinajstić information content (AvgIpc) is 3.37. The average molecular weight is 554 g/mol. The summed E-state index contributed by atoms with van der Waals surface area (Å²) >= 11 is 6.00. The van der Waals surface area contributed by atoms with Gasteiger partial charge in [-0.2, -0.15) is 0 Å². The first-order valence-corrected chi connectivity index (χ1v) is 13.6. The number of carbonyl (C=O) groups excluding carboxylic acids is 3. The van der Waals surface area contributed by atoms with Crippen LogP contribution in [0, 0.1) is 5.82 Å². The van der Waals surface area contributed by atoms with Crippen LogP contribution in [0.3, 0.4) is 0 Å². The lowest BCUT2D eigenvalue weighted by atomic mass is 10.0. The molecule has 0 saturated carbocycles. The lowest BCUT2D eigenvalue weighted by molar-refractivity contribution is 0.0929. The summed E-state index contributed by atoms with van der Waals surface area (Å²) in [5, 5.41) is 5.76. The molecule has 0 bridgehead atoms. The monoisotopic (exact) mass is 553 g/mol. The van der Waals surface area contributed by atoms with Crippen LogP contribution >= 0.6 is 11.6 Å². The van der Waals surface area contributed by atoms with Crippen LogP contribution in [0.5, 0.6) is 0 Å². The fourth-order valence-electron chi connectivity index (χ4n) is 4.49. The number of rotatable bonds is 10. The predicted molar refractivity (Wildman–Crippen MR) is 149 cm³/mol. The molecule has 0 atom stereocenters. The van der Waals surface area contributed by atoms with E-state index in [2.05, 4.69) is 25.5 Å². The molecule has 3 N–H and O–H groups in total. The van der Waals surface area contributed by atoms with Gasteiger partial charge in [0, 0.05) is 36.7 Å². The molecular formula is C29H33ClFN5O3. The van der Waals surface area contributed by atoms with Crippen LogP contribution in [-0.4, -0.2) is 58.6 Å². The fourth-order valence-corrected chi connectivity index (χ4v) is 4.76. The third-order valence-electron chi connectivity index (χ3n) is 6.68. The van der Waals surface area contributed by atoms with Crippen molar-refractivity contribution in [2.24, 2.45) is 0 Å². The number of hydrogen-bond donors (Lipinski definition) is 3. The molecule has 0 aliphatic carbocycles. The first-order chi connectivity index (χ1) is 18.7. The third kappa shape index (κ3) is 7.52. The van der Waals surface area contributed by atoms with Crippen LogP contribution in [0.25, 0.3) is 0 Å². The maximum Gasteiger partial charge on any atom is 0.276 e. The van der Waals surface area contributed by atoms with E-state index in [1.165, 1.54) is 31.4 Å². The summed E-state index contributed by atoms with van der Waals surface area (Å²) in [4.78, 5) is 48.4. The Morgan fingerprint density at radius 1 is 1.05 bits per heavy atom. The Bertz CT molecular complexity index is 1330. The number of Topliss-reactive ketones (excluding diaryl/α,β-unsaturated/α-hetero) is 1. The zero-order chi connectivity index (χ0) is 27.9.